The molecule has 3 nitrogen and oxygen atoms in total. The van der Waals surface area contributed by atoms with Crippen molar-refractivity contribution in [2.45, 2.75) is 6.42 Å². The van der Waals surface area contributed by atoms with Crippen molar-refractivity contribution in [1.82, 2.24) is 0 Å². The first kappa shape index (κ1) is 4.61. The van der Waals surface area contributed by atoms with Crippen molar-refractivity contribution in [2.24, 2.45) is 15.4 Å². The second kappa shape index (κ2) is 1.62. The smallest absolute Gasteiger partial charge is 0.114 e. The van der Waals surface area contributed by atoms with E-state index in [4.69, 9.17) is 0 Å². The Morgan fingerprint density at radius 3 is 3.33 bits per heavy atom. The minimum Gasteiger partial charge on any atom is -0.129 e. The van der Waals surface area contributed by atoms with Crippen LogP contribution in [0.1, 0.15) is 6.42 Å². The van der Waals surface area contributed by atoms with Crippen molar-refractivity contribution in [1.29, 1.82) is 0 Å². The van der Waals surface area contributed by atoms with Crippen LogP contribution < -0.4 is 0 Å². The first-order valence-corrected chi connectivity index (χ1v) is 2.82. The summed E-state index contributed by atoms with van der Waals surface area (Å²) in [6.07, 6.45) is 6.94. The maximum Gasteiger partial charge on any atom is 0.114 e. The van der Waals surface area contributed by atoms with E-state index in [1.54, 1.807) is 0 Å². The van der Waals surface area contributed by atoms with Crippen molar-refractivity contribution >= 4 is 5.71 Å². The molecule has 0 saturated carbocycles. The van der Waals surface area contributed by atoms with Crippen LogP contribution in [-0.2, 0) is 0 Å². The predicted molar refractivity (Wildman–Crippen MR) is 34.1 cm³/mol. The van der Waals surface area contributed by atoms with Crippen molar-refractivity contribution in [3.8, 4) is 0 Å². The fraction of sp³-hybridized carbons (Fsp3) is 0.167. The molecule has 0 fully saturated rings. The molecule has 0 aromatic rings. The lowest BCUT2D eigenvalue weighted by Gasteiger charge is -1.95. The summed E-state index contributed by atoms with van der Waals surface area (Å²) in [7, 11) is 0. The van der Waals surface area contributed by atoms with E-state index in [9.17, 15) is 0 Å². The number of hydrogen-bond acceptors (Lipinski definition) is 3. The number of fused-ring (bicyclic) bond motifs is 1. The summed E-state index contributed by atoms with van der Waals surface area (Å²) < 4.78 is 0. The average molecular weight is 119 g/mol. The highest BCUT2D eigenvalue weighted by Gasteiger charge is 2.09. The molecule has 0 N–H and O–H groups in total. The quantitative estimate of drug-likeness (QED) is 0.465. The molecule has 0 bridgehead atoms. The monoisotopic (exact) mass is 119 g/mol. The maximum absolute atomic E-state index is 3.79. The molecular formula is C6H5N3. The zero-order chi connectivity index (χ0) is 6.10. The van der Waals surface area contributed by atoms with Crippen LogP contribution in [0.2, 0.25) is 0 Å². The highest BCUT2D eigenvalue weighted by molar-refractivity contribution is 6.09. The van der Waals surface area contributed by atoms with Crippen molar-refractivity contribution in [2.75, 3.05) is 0 Å². The lowest BCUT2D eigenvalue weighted by atomic mass is 10.1. The molecule has 9 heavy (non-hydrogen) atoms. The Labute approximate surface area is 52.5 Å². The molecule has 0 saturated heterocycles. The Morgan fingerprint density at radius 1 is 1.44 bits per heavy atom. The average Bonchev–Trinajstić information content (AvgIpc) is 2.33. The van der Waals surface area contributed by atoms with E-state index in [2.05, 4.69) is 15.4 Å². The Bertz CT molecular complexity index is 245. The van der Waals surface area contributed by atoms with Gasteiger partial charge < -0.3 is 0 Å². The van der Waals surface area contributed by atoms with E-state index < -0.39 is 0 Å². The van der Waals surface area contributed by atoms with Gasteiger partial charge in [-0.05, 0) is 17.7 Å². The van der Waals surface area contributed by atoms with Gasteiger partial charge in [0.15, 0.2) is 0 Å². The first-order chi connectivity index (χ1) is 4.47. The van der Waals surface area contributed by atoms with Crippen molar-refractivity contribution in [3.05, 3.63) is 23.9 Å². The predicted octanol–water partition coefficient (Wildman–Crippen LogP) is 1.65. The van der Waals surface area contributed by atoms with Crippen molar-refractivity contribution < 1.29 is 0 Å². The van der Waals surface area contributed by atoms with Crippen molar-refractivity contribution in [3.63, 3.8) is 0 Å². The van der Waals surface area contributed by atoms with Gasteiger partial charge in [-0.2, -0.15) is 0 Å². The molecule has 0 aromatic heterocycles. The van der Waals surface area contributed by atoms with Crippen LogP contribution in [0.25, 0.3) is 0 Å². The van der Waals surface area contributed by atoms with Crippen LogP contribution in [-0.4, -0.2) is 5.71 Å². The lowest BCUT2D eigenvalue weighted by Crippen LogP contribution is -1.95. The molecular weight excluding hydrogens is 114 g/mol. The zero-order valence-electron chi connectivity index (χ0n) is 4.78. The molecule has 1 heterocycles. The van der Waals surface area contributed by atoms with Gasteiger partial charge in [0.05, 0.1) is 0 Å². The van der Waals surface area contributed by atoms with Gasteiger partial charge in [0, 0.05) is 0 Å². The highest BCUT2D eigenvalue weighted by Crippen LogP contribution is 2.15. The summed E-state index contributed by atoms with van der Waals surface area (Å²) in [6.45, 7) is 0. The summed E-state index contributed by atoms with van der Waals surface area (Å²) in [6, 6.07) is 0. The van der Waals surface area contributed by atoms with Crippen LogP contribution >= 0.6 is 0 Å². The molecule has 0 aromatic carbocycles. The second-order valence-corrected chi connectivity index (χ2v) is 1.90. The van der Waals surface area contributed by atoms with E-state index in [0.717, 1.165) is 17.8 Å². The van der Waals surface area contributed by atoms with Gasteiger partial charge in [-0.15, -0.1) is 10.2 Å². The second-order valence-electron chi connectivity index (χ2n) is 1.90. The number of hydrogen-bond donors (Lipinski definition) is 0. The molecule has 2 rings (SSSR count). The third kappa shape index (κ3) is 0.614. The van der Waals surface area contributed by atoms with Gasteiger partial charge in [0.2, 0.25) is 0 Å². The molecule has 0 unspecified atom stereocenters. The number of rotatable bonds is 0. The number of allylic oxidation sites excluding steroid dienone is 3. The summed E-state index contributed by atoms with van der Waals surface area (Å²) in [5.74, 6) is 0. The van der Waals surface area contributed by atoms with Gasteiger partial charge in [0.1, 0.15) is 11.4 Å². The largest absolute Gasteiger partial charge is 0.129 e. The minimum absolute atomic E-state index is 0.890. The normalized spacial score (nSPS) is 21.3. The molecule has 0 spiro atoms. The fourth-order valence-electron chi connectivity index (χ4n) is 0.845. The van der Waals surface area contributed by atoms with Gasteiger partial charge in [-0.3, -0.25) is 0 Å². The Hall–Kier alpha value is -1.25. The number of nitrogens with zero attached hydrogens (tertiary/aromatic N) is 3. The molecule has 0 radical (unpaired) electrons. The van der Waals surface area contributed by atoms with E-state index >= 15 is 0 Å². The SMILES string of the molecule is C1=CC2=NN=NC2=CC1. The first-order valence-electron chi connectivity index (χ1n) is 2.82. The zero-order valence-corrected chi connectivity index (χ0v) is 4.78. The standard InChI is InChI=1S/C6H5N3/c1-2-4-6-5(3-1)7-9-8-6/h1,3-4H,2H2. The lowest BCUT2D eigenvalue weighted by molar-refractivity contribution is 1.09. The third-order valence-corrected chi connectivity index (χ3v) is 1.29. The minimum atomic E-state index is 0.890. The molecule has 2 aliphatic rings. The molecule has 44 valence electrons. The van der Waals surface area contributed by atoms with Gasteiger partial charge in [0.25, 0.3) is 0 Å². The summed E-state index contributed by atoms with van der Waals surface area (Å²) >= 11 is 0. The van der Waals surface area contributed by atoms with Gasteiger partial charge >= 0.3 is 0 Å². The molecule has 1 aliphatic heterocycles. The van der Waals surface area contributed by atoms with Crippen LogP contribution in [0.5, 0.6) is 0 Å². The summed E-state index contributed by atoms with van der Waals surface area (Å²) in [5.41, 5.74) is 1.80. The van der Waals surface area contributed by atoms with Crippen LogP contribution in [0.15, 0.2) is 39.4 Å². The maximum atomic E-state index is 3.79. The Kier molecular flexibility index (Phi) is 0.828. The van der Waals surface area contributed by atoms with E-state index in [-0.39, 0.29) is 0 Å². The van der Waals surface area contributed by atoms with Crippen LogP contribution in [0.3, 0.4) is 0 Å². The van der Waals surface area contributed by atoms with Gasteiger partial charge in [-0.25, -0.2) is 0 Å². The van der Waals surface area contributed by atoms with Crippen LogP contribution in [0.4, 0.5) is 0 Å². The van der Waals surface area contributed by atoms with Gasteiger partial charge in [-0.1, -0.05) is 12.2 Å². The topological polar surface area (TPSA) is 37.1 Å². The summed E-state index contributed by atoms with van der Waals surface area (Å²) in [4.78, 5) is 0. The molecule has 1 aliphatic carbocycles. The van der Waals surface area contributed by atoms with E-state index in [1.807, 2.05) is 18.2 Å². The molecule has 3 heteroatoms. The van der Waals surface area contributed by atoms with E-state index in [0.29, 0.717) is 0 Å². The Morgan fingerprint density at radius 2 is 2.44 bits per heavy atom. The van der Waals surface area contributed by atoms with E-state index in [1.165, 1.54) is 0 Å². The highest BCUT2D eigenvalue weighted by atomic mass is 15.4. The van der Waals surface area contributed by atoms with Crippen LogP contribution in [0, 0.1) is 0 Å². The summed E-state index contributed by atoms with van der Waals surface area (Å²) in [5, 5.41) is 11.1. The molecule has 0 amide bonds. The Balaban J connectivity index is 2.46. The molecule has 0 atom stereocenters. The third-order valence-electron chi connectivity index (χ3n) is 1.29. The fourth-order valence-corrected chi connectivity index (χ4v) is 0.845.